The van der Waals surface area contributed by atoms with Crippen molar-refractivity contribution >= 4 is 17.6 Å². The number of ether oxygens (including phenoxy) is 1. The zero-order valence-electron chi connectivity index (χ0n) is 18.0. The highest BCUT2D eigenvalue weighted by Crippen LogP contribution is 2.35. The molecule has 1 aromatic heterocycles. The molecule has 0 bridgehead atoms. The zero-order valence-corrected chi connectivity index (χ0v) is 18.0. The fourth-order valence-electron chi connectivity index (χ4n) is 3.84. The summed E-state index contributed by atoms with van der Waals surface area (Å²) < 4.78 is 5.89. The molecule has 30 heavy (non-hydrogen) atoms. The van der Waals surface area contributed by atoms with E-state index in [4.69, 9.17) is 9.72 Å². The Hall–Kier alpha value is -2.70. The highest BCUT2D eigenvalue weighted by molar-refractivity contribution is 6.35. The molecule has 0 saturated carbocycles. The summed E-state index contributed by atoms with van der Waals surface area (Å²) in [4.78, 5) is 32.5. The molecule has 2 amide bonds. The van der Waals surface area contributed by atoms with E-state index in [0.717, 1.165) is 16.8 Å². The van der Waals surface area contributed by atoms with E-state index in [1.54, 1.807) is 0 Å². The number of piperazine rings is 1. The molecule has 9 heteroatoms. The fraction of sp³-hybridized carbons (Fsp3) is 0.619. The van der Waals surface area contributed by atoms with Crippen LogP contribution in [0.4, 0.5) is 5.82 Å². The molecular formula is C21H29N5O4. The monoisotopic (exact) mass is 415 g/mol. The van der Waals surface area contributed by atoms with Crippen LogP contribution in [0.2, 0.25) is 0 Å². The van der Waals surface area contributed by atoms with Gasteiger partial charge in [-0.15, -0.1) is 0 Å². The predicted molar refractivity (Wildman–Crippen MR) is 110 cm³/mol. The van der Waals surface area contributed by atoms with Crippen molar-refractivity contribution in [1.29, 1.82) is 5.26 Å². The lowest BCUT2D eigenvalue weighted by atomic mass is 9.88. The molecule has 1 fully saturated rings. The minimum Gasteiger partial charge on any atom is -0.392 e. The van der Waals surface area contributed by atoms with Gasteiger partial charge in [0.1, 0.15) is 11.9 Å². The van der Waals surface area contributed by atoms with E-state index in [1.807, 2.05) is 25.7 Å². The SMILES string of the molecule is Cc1nc(N2CCN(C(=O)C(=O)NCC(C)O)CC2)c(C#N)c2c1COC(C)(C)C2. The molecule has 9 nitrogen and oxygen atoms in total. The fourth-order valence-corrected chi connectivity index (χ4v) is 3.84. The molecule has 0 radical (unpaired) electrons. The number of aliphatic hydroxyl groups excluding tert-OH is 1. The second-order valence-electron chi connectivity index (χ2n) is 8.53. The van der Waals surface area contributed by atoms with Crippen LogP contribution in [-0.2, 0) is 27.4 Å². The molecule has 1 unspecified atom stereocenters. The average molecular weight is 415 g/mol. The van der Waals surface area contributed by atoms with Crippen LogP contribution in [0.15, 0.2) is 0 Å². The maximum atomic E-state index is 12.3. The van der Waals surface area contributed by atoms with Crippen LogP contribution in [0.1, 0.15) is 43.2 Å². The Balaban J connectivity index is 1.75. The third-order valence-corrected chi connectivity index (χ3v) is 5.54. The maximum Gasteiger partial charge on any atom is 0.312 e. The van der Waals surface area contributed by atoms with Gasteiger partial charge in [0.25, 0.3) is 0 Å². The van der Waals surface area contributed by atoms with Crippen molar-refractivity contribution in [2.45, 2.75) is 52.4 Å². The number of carbonyl (C=O) groups is 2. The predicted octanol–water partition coefficient (Wildman–Crippen LogP) is 0.259. The van der Waals surface area contributed by atoms with Gasteiger partial charge >= 0.3 is 11.8 Å². The Labute approximate surface area is 176 Å². The molecule has 0 aromatic carbocycles. The average Bonchev–Trinajstić information content (AvgIpc) is 2.70. The Morgan fingerprint density at radius 2 is 1.97 bits per heavy atom. The van der Waals surface area contributed by atoms with Crippen molar-refractivity contribution in [1.82, 2.24) is 15.2 Å². The number of anilines is 1. The topological polar surface area (TPSA) is 119 Å². The Kier molecular flexibility index (Phi) is 6.29. The van der Waals surface area contributed by atoms with E-state index in [0.29, 0.717) is 50.6 Å². The second kappa shape index (κ2) is 8.58. The Morgan fingerprint density at radius 1 is 1.30 bits per heavy atom. The van der Waals surface area contributed by atoms with Crippen LogP contribution in [0, 0.1) is 18.3 Å². The van der Waals surface area contributed by atoms with Crippen LogP contribution < -0.4 is 10.2 Å². The highest BCUT2D eigenvalue weighted by atomic mass is 16.5. The summed E-state index contributed by atoms with van der Waals surface area (Å²) in [5.74, 6) is -0.687. The standard InChI is InChI=1S/C21H29N5O4/c1-13(27)11-23-19(28)20(29)26-7-5-25(6-8-26)18-16(10-22)15-9-21(3,4)30-12-17(15)14(2)24-18/h13,27H,5-9,11-12H2,1-4H3,(H,23,28). The summed E-state index contributed by atoms with van der Waals surface area (Å²) in [5, 5.41) is 21.6. The van der Waals surface area contributed by atoms with Gasteiger partial charge in [-0.1, -0.05) is 0 Å². The van der Waals surface area contributed by atoms with E-state index in [2.05, 4.69) is 11.4 Å². The van der Waals surface area contributed by atoms with Gasteiger partial charge in [0.05, 0.1) is 23.9 Å². The van der Waals surface area contributed by atoms with Gasteiger partial charge in [-0.25, -0.2) is 4.98 Å². The lowest BCUT2D eigenvalue weighted by Gasteiger charge is -2.37. The van der Waals surface area contributed by atoms with Gasteiger partial charge in [-0.3, -0.25) is 9.59 Å². The third kappa shape index (κ3) is 4.55. The van der Waals surface area contributed by atoms with Crippen LogP contribution in [0.25, 0.3) is 0 Å². The van der Waals surface area contributed by atoms with Crippen LogP contribution >= 0.6 is 0 Å². The number of hydrogen-bond acceptors (Lipinski definition) is 7. The second-order valence-corrected chi connectivity index (χ2v) is 8.53. The van der Waals surface area contributed by atoms with Crippen molar-refractivity contribution in [2.75, 3.05) is 37.6 Å². The number of rotatable bonds is 3. The number of fused-ring (bicyclic) bond motifs is 1. The first kappa shape index (κ1) is 22.0. The Morgan fingerprint density at radius 3 is 2.57 bits per heavy atom. The number of carbonyl (C=O) groups excluding carboxylic acids is 2. The van der Waals surface area contributed by atoms with Gasteiger partial charge in [0, 0.05) is 50.4 Å². The smallest absolute Gasteiger partial charge is 0.312 e. The van der Waals surface area contributed by atoms with Crippen LogP contribution in [0.3, 0.4) is 0 Å². The van der Waals surface area contributed by atoms with Crippen LogP contribution in [0.5, 0.6) is 0 Å². The molecular weight excluding hydrogens is 386 g/mol. The number of pyridine rings is 1. The van der Waals surface area contributed by atoms with E-state index in [-0.39, 0.29) is 12.1 Å². The molecule has 1 saturated heterocycles. The lowest BCUT2D eigenvalue weighted by Crippen LogP contribution is -2.53. The van der Waals surface area contributed by atoms with Crippen molar-refractivity contribution in [2.24, 2.45) is 0 Å². The van der Waals surface area contributed by atoms with Gasteiger partial charge in [-0.05, 0) is 33.3 Å². The van der Waals surface area contributed by atoms with Crippen molar-refractivity contribution in [3.63, 3.8) is 0 Å². The van der Waals surface area contributed by atoms with Gasteiger partial charge in [-0.2, -0.15) is 5.26 Å². The molecule has 0 aliphatic carbocycles. The number of aliphatic hydroxyl groups is 1. The summed E-state index contributed by atoms with van der Waals surface area (Å²) in [6.45, 7) is 9.66. The number of aromatic nitrogens is 1. The number of nitrogens with one attached hydrogen (secondary N) is 1. The molecule has 3 heterocycles. The molecule has 2 aliphatic rings. The number of hydrogen-bond donors (Lipinski definition) is 2. The highest BCUT2D eigenvalue weighted by Gasteiger charge is 2.33. The normalized spacial score (nSPS) is 18.9. The van der Waals surface area contributed by atoms with Gasteiger partial charge < -0.3 is 25.0 Å². The molecule has 2 aliphatic heterocycles. The van der Waals surface area contributed by atoms with Crippen molar-refractivity contribution in [3.8, 4) is 6.07 Å². The minimum atomic E-state index is -0.716. The molecule has 2 N–H and O–H groups in total. The maximum absolute atomic E-state index is 12.3. The van der Waals surface area contributed by atoms with Crippen molar-refractivity contribution < 1.29 is 19.4 Å². The van der Waals surface area contributed by atoms with Crippen LogP contribution in [-0.4, -0.2) is 71.2 Å². The van der Waals surface area contributed by atoms with E-state index in [1.165, 1.54) is 11.8 Å². The van der Waals surface area contributed by atoms with Crippen molar-refractivity contribution in [3.05, 3.63) is 22.4 Å². The van der Waals surface area contributed by atoms with E-state index >= 15 is 0 Å². The summed E-state index contributed by atoms with van der Waals surface area (Å²) in [6, 6.07) is 2.34. The Bertz CT molecular complexity index is 882. The number of nitriles is 1. The summed E-state index contributed by atoms with van der Waals surface area (Å²) >= 11 is 0. The molecule has 1 atom stereocenters. The lowest BCUT2D eigenvalue weighted by molar-refractivity contribution is -0.146. The molecule has 162 valence electrons. The largest absolute Gasteiger partial charge is 0.392 e. The number of amides is 2. The zero-order chi connectivity index (χ0) is 22.1. The first-order valence-electron chi connectivity index (χ1n) is 10.2. The molecule has 1 aromatic rings. The first-order valence-corrected chi connectivity index (χ1v) is 10.2. The summed E-state index contributed by atoms with van der Waals surface area (Å²) in [6.07, 6.45) is -0.0690. The van der Waals surface area contributed by atoms with E-state index < -0.39 is 17.9 Å². The number of nitrogens with zero attached hydrogens (tertiary/aromatic N) is 4. The quantitative estimate of drug-likeness (QED) is 0.680. The molecule has 0 spiro atoms. The molecule has 3 rings (SSSR count). The van der Waals surface area contributed by atoms with Gasteiger partial charge in [0.15, 0.2) is 0 Å². The van der Waals surface area contributed by atoms with Gasteiger partial charge in [0.2, 0.25) is 0 Å². The third-order valence-electron chi connectivity index (χ3n) is 5.54. The summed E-state index contributed by atoms with van der Waals surface area (Å²) in [5.41, 5.74) is 3.06. The minimum absolute atomic E-state index is 0.0362. The summed E-state index contributed by atoms with van der Waals surface area (Å²) in [7, 11) is 0. The first-order chi connectivity index (χ1) is 14.1. The number of aryl methyl sites for hydroxylation is 1. The van der Waals surface area contributed by atoms with E-state index in [9.17, 15) is 20.0 Å².